The molecule has 2 heterocycles. The number of benzene rings is 2. The molecule has 0 saturated carbocycles. The maximum Gasteiger partial charge on any atom is 0.254 e. The average Bonchev–Trinajstić information content (AvgIpc) is 2.92. The number of ether oxygens (including phenoxy) is 4. The number of morpholine rings is 1. The van der Waals surface area contributed by atoms with Crippen molar-refractivity contribution in [2.45, 2.75) is 18.4 Å². The number of nitrogens with one attached hydrogen (secondary N) is 1. The summed E-state index contributed by atoms with van der Waals surface area (Å²) in [6.07, 6.45) is 0.833. The molecule has 2 unspecified atom stereocenters. The van der Waals surface area contributed by atoms with Crippen molar-refractivity contribution in [3.63, 3.8) is 0 Å². The maximum atomic E-state index is 13.7. The molecule has 2 amide bonds. The number of rotatable bonds is 9. The molecule has 9 nitrogen and oxygen atoms in total. The zero-order valence-electron chi connectivity index (χ0n) is 21.4. The number of carbonyl (C=O) groups excluding carboxylic acids is 2. The van der Waals surface area contributed by atoms with Gasteiger partial charge in [-0.15, -0.1) is 0 Å². The summed E-state index contributed by atoms with van der Waals surface area (Å²) in [5.74, 6) is 0.699. The zero-order valence-corrected chi connectivity index (χ0v) is 21.4. The van der Waals surface area contributed by atoms with Gasteiger partial charge in [0.25, 0.3) is 5.91 Å². The predicted molar refractivity (Wildman–Crippen MR) is 135 cm³/mol. The highest BCUT2D eigenvalue weighted by Crippen LogP contribution is 2.45. The van der Waals surface area contributed by atoms with Crippen molar-refractivity contribution in [3.8, 4) is 17.2 Å². The monoisotopic (exact) mass is 497 g/mol. The number of nitrogens with zero attached hydrogens (tertiary/aromatic N) is 2. The zero-order chi connectivity index (χ0) is 25.7. The molecule has 9 heteroatoms. The highest BCUT2D eigenvalue weighted by atomic mass is 16.5. The summed E-state index contributed by atoms with van der Waals surface area (Å²) in [5, 5.41) is 3.13. The first kappa shape index (κ1) is 25.8. The van der Waals surface area contributed by atoms with Crippen LogP contribution in [0, 0.1) is 0 Å². The van der Waals surface area contributed by atoms with Crippen LogP contribution in [-0.2, 0) is 9.53 Å². The summed E-state index contributed by atoms with van der Waals surface area (Å²) in [4.78, 5) is 31.2. The maximum absolute atomic E-state index is 13.7. The Balaban J connectivity index is 1.64. The van der Waals surface area contributed by atoms with Gasteiger partial charge in [-0.3, -0.25) is 14.5 Å². The van der Waals surface area contributed by atoms with Crippen LogP contribution < -0.4 is 19.5 Å². The number of carbonyl (C=O) groups is 2. The number of methoxy groups -OCH3 is 3. The van der Waals surface area contributed by atoms with Crippen molar-refractivity contribution in [2.24, 2.45) is 0 Å². The summed E-state index contributed by atoms with van der Waals surface area (Å²) >= 11 is 0. The molecule has 0 bridgehead atoms. The first-order valence-electron chi connectivity index (χ1n) is 12.2. The van der Waals surface area contributed by atoms with Crippen molar-refractivity contribution in [1.29, 1.82) is 0 Å². The van der Waals surface area contributed by atoms with Crippen molar-refractivity contribution in [2.75, 3.05) is 67.8 Å². The Morgan fingerprint density at radius 1 is 1.03 bits per heavy atom. The molecule has 1 fully saturated rings. The molecule has 4 rings (SSSR count). The lowest BCUT2D eigenvalue weighted by molar-refractivity contribution is -0.124. The number of amides is 2. The third-order valence-electron chi connectivity index (χ3n) is 6.97. The fourth-order valence-electron chi connectivity index (χ4n) is 5.00. The smallest absolute Gasteiger partial charge is 0.254 e. The van der Waals surface area contributed by atoms with Gasteiger partial charge in [0.1, 0.15) is 5.75 Å². The van der Waals surface area contributed by atoms with Crippen LogP contribution in [0.4, 0.5) is 0 Å². The Labute approximate surface area is 212 Å². The van der Waals surface area contributed by atoms with E-state index in [0.29, 0.717) is 34.9 Å². The number of hydrogen-bond donors (Lipinski definition) is 1. The number of likely N-dealkylation sites (N-methyl/N-ethyl adjacent to an activating group) is 1. The first-order chi connectivity index (χ1) is 17.5. The van der Waals surface area contributed by atoms with Gasteiger partial charge in [0.05, 0.1) is 46.5 Å². The Morgan fingerprint density at radius 3 is 2.33 bits per heavy atom. The van der Waals surface area contributed by atoms with E-state index in [1.54, 1.807) is 38.3 Å². The molecule has 0 aromatic heterocycles. The molecule has 1 N–H and O–H groups in total. The summed E-state index contributed by atoms with van der Waals surface area (Å²) in [6, 6.07) is 10.4. The van der Waals surface area contributed by atoms with Gasteiger partial charge in [-0.25, -0.2) is 0 Å². The molecular formula is C27H35N3O6. The topological polar surface area (TPSA) is 89.6 Å². The molecule has 36 heavy (non-hydrogen) atoms. The van der Waals surface area contributed by atoms with E-state index in [2.05, 4.69) is 10.2 Å². The van der Waals surface area contributed by atoms with E-state index in [0.717, 1.165) is 44.8 Å². The third kappa shape index (κ3) is 5.27. The van der Waals surface area contributed by atoms with Gasteiger partial charge in [0, 0.05) is 32.2 Å². The molecule has 2 aromatic carbocycles. The van der Waals surface area contributed by atoms with Gasteiger partial charge < -0.3 is 29.2 Å². The molecule has 0 spiro atoms. The normalized spacial score (nSPS) is 20.0. The van der Waals surface area contributed by atoms with E-state index in [9.17, 15) is 9.59 Å². The molecule has 2 aliphatic heterocycles. The lowest BCUT2D eigenvalue weighted by atomic mass is 9.79. The fourth-order valence-corrected chi connectivity index (χ4v) is 5.00. The number of hydrogen-bond acceptors (Lipinski definition) is 7. The van der Waals surface area contributed by atoms with Crippen molar-refractivity contribution in [3.05, 3.63) is 53.1 Å². The van der Waals surface area contributed by atoms with Crippen LogP contribution in [-0.4, -0.2) is 89.4 Å². The minimum absolute atomic E-state index is 0.134. The standard InChI is InChI=1S/C27H35N3O6/c1-29-25(18-6-8-19(33-2)9-7-18)24(26(31)28-10-5-11-30-12-14-36-15-13-30)20-16-22(34-3)23(35-4)17-21(20)27(29)32/h6-9,16-17,24-25H,5,10-15H2,1-4H3,(H,28,31). The molecular weight excluding hydrogens is 462 g/mol. The fraction of sp³-hybridized carbons (Fsp3) is 0.481. The van der Waals surface area contributed by atoms with Crippen LogP contribution in [0.5, 0.6) is 17.2 Å². The van der Waals surface area contributed by atoms with Crippen LogP contribution >= 0.6 is 0 Å². The van der Waals surface area contributed by atoms with Crippen LogP contribution in [0.1, 0.15) is 39.9 Å². The Kier molecular flexibility index (Phi) is 8.32. The molecule has 1 saturated heterocycles. The summed E-state index contributed by atoms with van der Waals surface area (Å²) in [6.45, 7) is 4.77. The second-order valence-corrected chi connectivity index (χ2v) is 9.00. The van der Waals surface area contributed by atoms with Gasteiger partial charge in [0.2, 0.25) is 5.91 Å². The van der Waals surface area contributed by atoms with E-state index in [1.165, 1.54) is 7.11 Å². The SMILES string of the molecule is COc1ccc(C2C(C(=O)NCCCN3CCOCC3)c3cc(OC)c(OC)cc3C(=O)N2C)cc1. The van der Waals surface area contributed by atoms with E-state index < -0.39 is 12.0 Å². The molecule has 194 valence electrons. The highest BCUT2D eigenvalue weighted by molar-refractivity contribution is 6.02. The van der Waals surface area contributed by atoms with Crippen LogP contribution in [0.15, 0.2) is 36.4 Å². The largest absolute Gasteiger partial charge is 0.497 e. The first-order valence-corrected chi connectivity index (χ1v) is 12.2. The second-order valence-electron chi connectivity index (χ2n) is 9.00. The minimum Gasteiger partial charge on any atom is -0.497 e. The van der Waals surface area contributed by atoms with Gasteiger partial charge in [0.15, 0.2) is 11.5 Å². The lowest BCUT2D eigenvalue weighted by Gasteiger charge is -2.40. The van der Waals surface area contributed by atoms with Crippen LogP contribution in [0.3, 0.4) is 0 Å². The van der Waals surface area contributed by atoms with Crippen molar-refractivity contribution >= 4 is 11.8 Å². The quantitative estimate of drug-likeness (QED) is 0.533. The second kappa shape index (κ2) is 11.6. The van der Waals surface area contributed by atoms with E-state index in [1.807, 2.05) is 24.3 Å². The molecule has 2 aliphatic rings. The van der Waals surface area contributed by atoms with Crippen molar-refractivity contribution in [1.82, 2.24) is 15.1 Å². The Bertz CT molecular complexity index is 1070. The number of fused-ring (bicyclic) bond motifs is 1. The lowest BCUT2D eigenvalue weighted by Crippen LogP contribution is -2.46. The van der Waals surface area contributed by atoms with Gasteiger partial charge in [-0.1, -0.05) is 12.1 Å². The van der Waals surface area contributed by atoms with E-state index in [-0.39, 0.29) is 11.8 Å². The van der Waals surface area contributed by atoms with Gasteiger partial charge in [-0.2, -0.15) is 0 Å². The van der Waals surface area contributed by atoms with E-state index in [4.69, 9.17) is 18.9 Å². The van der Waals surface area contributed by atoms with Crippen molar-refractivity contribution < 1.29 is 28.5 Å². The minimum atomic E-state index is -0.626. The molecule has 2 aromatic rings. The third-order valence-corrected chi connectivity index (χ3v) is 6.97. The summed E-state index contributed by atoms with van der Waals surface area (Å²) < 4.78 is 21.7. The van der Waals surface area contributed by atoms with Crippen LogP contribution in [0.25, 0.3) is 0 Å². The van der Waals surface area contributed by atoms with E-state index >= 15 is 0 Å². The average molecular weight is 498 g/mol. The van der Waals surface area contributed by atoms with Gasteiger partial charge >= 0.3 is 0 Å². The predicted octanol–water partition coefficient (Wildman–Crippen LogP) is 2.46. The Hall–Kier alpha value is -3.30. The Morgan fingerprint density at radius 2 is 1.69 bits per heavy atom. The molecule has 2 atom stereocenters. The summed E-state index contributed by atoms with van der Waals surface area (Å²) in [7, 11) is 6.41. The van der Waals surface area contributed by atoms with Crippen LogP contribution in [0.2, 0.25) is 0 Å². The molecule has 0 aliphatic carbocycles. The summed E-state index contributed by atoms with van der Waals surface area (Å²) in [5.41, 5.74) is 1.91. The molecule has 0 radical (unpaired) electrons. The van der Waals surface area contributed by atoms with Gasteiger partial charge in [-0.05, 0) is 48.4 Å². The highest BCUT2D eigenvalue weighted by Gasteiger charge is 2.43.